The summed E-state index contributed by atoms with van der Waals surface area (Å²) in [7, 11) is -2.00. The molecule has 1 aliphatic rings. The highest BCUT2D eigenvalue weighted by atomic mass is 28.3. The molecule has 1 aliphatic heterocycles. The van der Waals surface area contributed by atoms with E-state index in [1.165, 1.54) is 54.2 Å². The summed E-state index contributed by atoms with van der Waals surface area (Å²) in [5.74, 6) is 0.766. The molecule has 0 spiro atoms. The van der Waals surface area contributed by atoms with Crippen LogP contribution in [0.2, 0.25) is 13.1 Å². The van der Waals surface area contributed by atoms with Crippen molar-refractivity contribution in [3.8, 4) is 56.2 Å². The smallest absolute Gasteiger partial charge is 0.160 e. The quantitative estimate of drug-likeness (QED) is 0.145. The van der Waals surface area contributed by atoms with Crippen LogP contribution in [-0.4, -0.2) is 18.0 Å². The molecule has 47 heavy (non-hydrogen) atoms. The molecular weight excluding hydrogens is 585 g/mol. The number of aromatic nitrogens is 2. The van der Waals surface area contributed by atoms with Crippen molar-refractivity contribution >= 4 is 40.0 Å². The van der Waals surface area contributed by atoms with Gasteiger partial charge >= 0.3 is 0 Å². The Kier molecular flexibility index (Phi) is 6.31. The molecule has 2 heterocycles. The minimum atomic E-state index is -2.00. The van der Waals surface area contributed by atoms with Crippen LogP contribution < -0.4 is 10.4 Å². The van der Waals surface area contributed by atoms with Crippen molar-refractivity contribution in [1.82, 2.24) is 9.97 Å². The summed E-state index contributed by atoms with van der Waals surface area (Å²) < 4.78 is 0. The van der Waals surface area contributed by atoms with E-state index in [2.05, 4.69) is 171 Å². The first-order chi connectivity index (χ1) is 23.1. The lowest BCUT2D eigenvalue weighted by Gasteiger charge is -2.21. The van der Waals surface area contributed by atoms with Crippen molar-refractivity contribution < 1.29 is 0 Å². The van der Waals surface area contributed by atoms with E-state index in [4.69, 9.17) is 9.97 Å². The first-order valence-electron chi connectivity index (χ1n) is 16.3. The monoisotopic (exact) mass is 616 g/mol. The SMILES string of the molecule is C[Si]1(C)c2ccccc2-c2nc(-c3cccc(-c4cccc(-c5cc6ccccc6c6ccccc56)c4)c3)nc(-c3ccccc3)c21. The summed E-state index contributed by atoms with van der Waals surface area (Å²) in [5.41, 5.74) is 10.4. The third-order valence-electron chi connectivity index (χ3n) is 9.83. The maximum atomic E-state index is 5.35. The Morgan fingerprint density at radius 1 is 0.404 bits per heavy atom. The second-order valence-corrected chi connectivity index (χ2v) is 17.3. The molecule has 0 saturated heterocycles. The van der Waals surface area contributed by atoms with Crippen molar-refractivity contribution in [2.45, 2.75) is 13.1 Å². The van der Waals surface area contributed by atoms with E-state index in [1.807, 2.05) is 0 Å². The van der Waals surface area contributed by atoms with Crippen LogP contribution in [-0.2, 0) is 0 Å². The van der Waals surface area contributed by atoms with E-state index in [0.717, 1.165) is 33.9 Å². The summed E-state index contributed by atoms with van der Waals surface area (Å²) in [6, 6.07) is 56.8. The molecule has 222 valence electrons. The van der Waals surface area contributed by atoms with E-state index in [-0.39, 0.29) is 0 Å². The maximum absolute atomic E-state index is 5.35. The van der Waals surface area contributed by atoms with Gasteiger partial charge in [0.2, 0.25) is 0 Å². The molecule has 8 aromatic rings. The second-order valence-electron chi connectivity index (χ2n) is 13.0. The fourth-order valence-corrected chi connectivity index (χ4v) is 10.8. The highest BCUT2D eigenvalue weighted by Crippen LogP contribution is 2.38. The number of hydrogen-bond donors (Lipinski definition) is 0. The molecule has 0 N–H and O–H groups in total. The first-order valence-corrected chi connectivity index (χ1v) is 19.3. The number of benzene rings is 7. The molecule has 0 unspecified atom stereocenters. The summed E-state index contributed by atoms with van der Waals surface area (Å²) in [6.45, 7) is 4.86. The lowest BCUT2D eigenvalue weighted by Crippen LogP contribution is -2.50. The third-order valence-corrected chi connectivity index (χ3v) is 13.3. The van der Waals surface area contributed by atoms with Gasteiger partial charge in [0, 0.05) is 11.1 Å². The zero-order valence-corrected chi connectivity index (χ0v) is 27.4. The van der Waals surface area contributed by atoms with Crippen LogP contribution in [0.4, 0.5) is 0 Å². The predicted octanol–water partition coefficient (Wildman–Crippen LogP) is 10.3. The summed E-state index contributed by atoms with van der Waals surface area (Å²) >= 11 is 0. The Bertz CT molecular complexity index is 2500. The third kappa shape index (κ3) is 4.46. The summed E-state index contributed by atoms with van der Waals surface area (Å²) in [4.78, 5) is 10.7. The minimum absolute atomic E-state index is 0.766. The van der Waals surface area contributed by atoms with Gasteiger partial charge in [0.05, 0.1) is 11.4 Å². The maximum Gasteiger partial charge on any atom is 0.160 e. The molecule has 3 heteroatoms. The van der Waals surface area contributed by atoms with Gasteiger partial charge < -0.3 is 0 Å². The molecule has 0 fully saturated rings. The van der Waals surface area contributed by atoms with Gasteiger partial charge in [-0.1, -0.05) is 153 Å². The normalized spacial score (nSPS) is 13.1. The van der Waals surface area contributed by atoms with Crippen LogP contribution in [0, 0.1) is 0 Å². The Hall–Kier alpha value is -5.64. The number of hydrogen-bond acceptors (Lipinski definition) is 2. The Balaban J connectivity index is 1.19. The van der Waals surface area contributed by atoms with Crippen molar-refractivity contribution in [2.24, 2.45) is 0 Å². The molecule has 9 rings (SSSR count). The van der Waals surface area contributed by atoms with E-state index in [1.54, 1.807) is 0 Å². The fourth-order valence-electron chi connectivity index (χ4n) is 7.55. The predicted molar refractivity (Wildman–Crippen MR) is 201 cm³/mol. The van der Waals surface area contributed by atoms with E-state index in [9.17, 15) is 0 Å². The highest BCUT2D eigenvalue weighted by Gasteiger charge is 2.41. The van der Waals surface area contributed by atoms with Crippen molar-refractivity contribution in [2.75, 3.05) is 0 Å². The molecule has 7 aromatic carbocycles. The lowest BCUT2D eigenvalue weighted by atomic mass is 9.91. The molecular formula is C44H32N2Si. The fraction of sp³-hybridized carbons (Fsp3) is 0.0455. The van der Waals surface area contributed by atoms with E-state index >= 15 is 0 Å². The van der Waals surface area contributed by atoms with Gasteiger partial charge in [-0.05, 0) is 77.9 Å². The van der Waals surface area contributed by atoms with Crippen LogP contribution >= 0.6 is 0 Å². The summed E-state index contributed by atoms with van der Waals surface area (Å²) in [5, 5.41) is 7.86. The number of rotatable bonds is 4. The Labute approximate surface area is 276 Å². The van der Waals surface area contributed by atoms with Gasteiger partial charge in [0.1, 0.15) is 8.07 Å². The van der Waals surface area contributed by atoms with Gasteiger partial charge in [-0.3, -0.25) is 0 Å². The van der Waals surface area contributed by atoms with Gasteiger partial charge in [-0.25, -0.2) is 9.97 Å². The van der Waals surface area contributed by atoms with Gasteiger partial charge in [-0.2, -0.15) is 0 Å². The minimum Gasteiger partial charge on any atom is -0.228 e. The average molecular weight is 617 g/mol. The van der Waals surface area contributed by atoms with Crippen LogP contribution in [0.1, 0.15) is 0 Å². The topological polar surface area (TPSA) is 25.8 Å². The number of nitrogens with zero attached hydrogens (tertiary/aromatic N) is 2. The molecule has 0 amide bonds. The molecule has 0 aliphatic carbocycles. The van der Waals surface area contributed by atoms with Crippen molar-refractivity contribution in [3.63, 3.8) is 0 Å². The van der Waals surface area contributed by atoms with Gasteiger partial charge in [0.25, 0.3) is 0 Å². The molecule has 0 bridgehead atoms. The van der Waals surface area contributed by atoms with Crippen LogP contribution in [0.25, 0.3) is 77.7 Å². The average Bonchev–Trinajstić information content (AvgIpc) is 3.37. The van der Waals surface area contributed by atoms with Crippen LogP contribution in [0.3, 0.4) is 0 Å². The standard InChI is InChI=1S/C44H32N2Si/c1-47(2)40-25-11-10-24-38(40)42-43(47)41(29-14-4-3-5-15-29)45-44(46-42)34-20-13-18-31(27-34)30-17-12-19-32(26-30)39-28-33-16-6-7-21-35(33)36-22-8-9-23-37(36)39/h3-28H,1-2H3. The zero-order valence-electron chi connectivity index (χ0n) is 26.4. The van der Waals surface area contributed by atoms with Gasteiger partial charge in [-0.15, -0.1) is 0 Å². The van der Waals surface area contributed by atoms with Crippen molar-refractivity contribution in [3.05, 3.63) is 158 Å². The van der Waals surface area contributed by atoms with E-state index < -0.39 is 8.07 Å². The second kappa shape index (κ2) is 10.7. The molecule has 0 saturated carbocycles. The Morgan fingerprint density at radius 2 is 0.979 bits per heavy atom. The Morgan fingerprint density at radius 3 is 1.79 bits per heavy atom. The number of fused-ring (bicyclic) bond motifs is 6. The van der Waals surface area contributed by atoms with Crippen LogP contribution in [0.5, 0.6) is 0 Å². The molecule has 2 nitrogen and oxygen atoms in total. The largest absolute Gasteiger partial charge is 0.228 e. The van der Waals surface area contributed by atoms with Gasteiger partial charge in [0.15, 0.2) is 5.82 Å². The zero-order chi connectivity index (χ0) is 31.5. The highest BCUT2D eigenvalue weighted by molar-refractivity contribution is 7.04. The molecule has 0 atom stereocenters. The molecule has 1 aromatic heterocycles. The van der Waals surface area contributed by atoms with Crippen molar-refractivity contribution in [1.29, 1.82) is 0 Å². The summed E-state index contributed by atoms with van der Waals surface area (Å²) in [6.07, 6.45) is 0. The molecule has 0 radical (unpaired) electrons. The first kappa shape index (κ1) is 27.6. The lowest BCUT2D eigenvalue weighted by molar-refractivity contribution is 1.20. The van der Waals surface area contributed by atoms with E-state index in [0.29, 0.717) is 0 Å². The van der Waals surface area contributed by atoms with Crippen LogP contribution in [0.15, 0.2) is 158 Å².